The molecule has 28 heavy (non-hydrogen) atoms. The van der Waals surface area contributed by atoms with Gasteiger partial charge in [0.15, 0.2) is 6.61 Å². The summed E-state index contributed by atoms with van der Waals surface area (Å²) in [5, 5.41) is 4.80. The maximum absolute atomic E-state index is 12.1. The van der Waals surface area contributed by atoms with Gasteiger partial charge in [0.2, 0.25) is 0 Å². The van der Waals surface area contributed by atoms with Crippen LogP contribution in [0.4, 0.5) is 0 Å². The van der Waals surface area contributed by atoms with Crippen LogP contribution in [0, 0.1) is 26.7 Å². The lowest BCUT2D eigenvalue weighted by Gasteiger charge is -2.29. The van der Waals surface area contributed by atoms with Crippen molar-refractivity contribution in [1.82, 2.24) is 15.3 Å². The molecule has 0 saturated heterocycles. The predicted molar refractivity (Wildman–Crippen MR) is 113 cm³/mol. The van der Waals surface area contributed by atoms with Gasteiger partial charge in [-0.3, -0.25) is 9.59 Å². The largest absolute Gasteiger partial charge is 0.455 e. The molecule has 0 spiro atoms. The van der Waals surface area contributed by atoms with Gasteiger partial charge in [-0.1, -0.05) is 31.5 Å². The number of fused-ring (bicyclic) bond motifs is 1. The van der Waals surface area contributed by atoms with Crippen LogP contribution < -0.4 is 5.32 Å². The Morgan fingerprint density at radius 2 is 1.96 bits per heavy atom. The lowest BCUT2D eigenvalue weighted by molar-refractivity contribution is -0.146. The monoisotopic (exact) mass is 421 g/mol. The highest BCUT2D eigenvalue weighted by Crippen LogP contribution is 2.35. The summed E-state index contributed by atoms with van der Waals surface area (Å²) in [6, 6.07) is 0.191. The number of nitrogens with one attached hydrogen (secondary N) is 1. The van der Waals surface area contributed by atoms with Crippen LogP contribution >= 0.6 is 23.1 Å². The molecule has 1 amide bonds. The number of thiophene rings is 1. The third-order valence-electron chi connectivity index (χ3n) is 5.26. The van der Waals surface area contributed by atoms with Crippen LogP contribution in [-0.4, -0.2) is 40.2 Å². The summed E-state index contributed by atoms with van der Waals surface area (Å²) >= 11 is 2.98. The van der Waals surface area contributed by atoms with Gasteiger partial charge in [0.1, 0.15) is 15.7 Å². The van der Waals surface area contributed by atoms with Gasteiger partial charge in [0.05, 0.1) is 5.75 Å². The number of aromatic nitrogens is 2. The van der Waals surface area contributed by atoms with E-state index >= 15 is 0 Å². The highest BCUT2D eigenvalue weighted by Gasteiger charge is 2.23. The molecule has 2 aromatic rings. The smallest absolute Gasteiger partial charge is 0.316 e. The first-order valence-corrected chi connectivity index (χ1v) is 11.5. The highest BCUT2D eigenvalue weighted by atomic mass is 32.2. The second-order valence-corrected chi connectivity index (χ2v) is 9.59. The fraction of sp³-hybridized carbons (Fsp3) is 0.600. The van der Waals surface area contributed by atoms with Crippen molar-refractivity contribution in [3.63, 3.8) is 0 Å². The standard InChI is InChI=1S/C20H27N3O3S2/c1-11-7-5-6-8-15(11)23-16(24)9-26-17(25)10-27-19-18-12(2)13(3)28-20(18)22-14(4)21-19/h11,15H,5-10H2,1-4H3,(H,23,24)/t11-,15-/m0/s1. The molecule has 0 unspecified atom stereocenters. The van der Waals surface area contributed by atoms with E-state index in [1.54, 1.807) is 11.3 Å². The molecule has 3 rings (SSSR count). The molecule has 0 bridgehead atoms. The molecule has 1 aliphatic carbocycles. The first-order chi connectivity index (χ1) is 13.3. The number of ether oxygens (including phenoxy) is 1. The summed E-state index contributed by atoms with van der Waals surface area (Å²) < 4.78 is 5.17. The van der Waals surface area contributed by atoms with Crippen LogP contribution in [0.15, 0.2) is 5.03 Å². The molecule has 2 heterocycles. The Balaban J connectivity index is 1.52. The van der Waals surface area contributed by atoms with E-state index in [1.165, 1.54) is 23.1 Å². The molecule has 2 aromatic heterocycles. The lowest BCUT2D eigenvalue weighted by atomic mass is 9.86. The quantitative estimate of drug-likeness (QED) is 0.432. The summed E-state index contributed by atoms with van der Waals surface area (Å²) in [6.07, 6.45) is 4.49. The Hall–Kier alpha value is -1.67. The van der Waals surface area contributed by atoms with Gasteiger partial charge in [-0.2, -0.15) is 0 Å². The van der Waals surface area contributed by atoms with Crippen molar-refractivity contribution in [3.8, 4) is 0 Å². The van der Waals surface area contributed by atoms with Crippen molar-refractivity contribution in [2.24, 2.45) is 5.92 Å². The van der Waals surface area contributed by atoms with E-state index in [0.29, 0.717) is 11.7 Å². The number of thioether (sulfide) groups is 1. The van der Waals surface area contributed by atoms with Gasteiger partial charge in [-0.05, 0) is 45.1 Å². The normalized spacial score (nSPS) is 19.6. The molecule has 0 aliphatic heterocycles. The molecule has 2 atom stereocenters. The van der Waals surface area contributed by atoms with Gasteiger partial charge in [-0.25, -0.2) is 9.97 Å². The zero-order valence-electron chi connectivity index (χ0n) is 16.8. The van der Waals surface area contributed by atoms with Crippen LogP contribution in [-0.2, 0) is 14.3 Å². The summed E-state index contributed by atoms with van der Waals surface area (Å²) in [7, 11) is 0. The Bertz CT molecular complexity index is 881. The first kappa shape index (κ1) is 21.0. The molecule has 1 N–H and O–H groups in total. The maximum atomic E-state index is 12.1. The molecular weight excluding hydrogens is 394 g/mol. The van der Waals surface area contributed by atoms with Gasteiger partial charge in [0, 0.05) is 16.3 Å². The average Bonchev–Trinajstić information content (AvgIpc) is 2.93. The van der Waals surface area contributed by atoms with Crippen LogP contribution in [0.5, 0.6) is 0 Å². The molecule has 152 valence electrons. The Kier molecular flexibility index (Phi) is 6.93. The number of carbonyl (C=O) groups is 2. The zero-order chi connectivity index (χ0) is 20.3. The van der Waals surface area contributed by atoms with Crippen LogP contribution in [0.1, 0.15) is 48.9 Å². The number of nitrogens with zero attached hydrogens (tertiary/aromatic N) is 2. The van der Waals surface area contributed by atoms with E-state index in [1.807, 2.05) is 13.8 Å². The number of rotatable bonds is 6. The minimum atomic E-state index is -0.411. The maximum Gasteiger partial charge on any atom is 0.316 e. The first-order valence-electron chi connectivity index (χ1n) is 9.67. The summed E-state index contributed by atoms with van der Waals surface area (Å²) in [5.41, 5.74) is 1.15. The fourth-order valence-electron chi connectivity index (χ4n) is 3.51. The summed E-state index contributed by atoms with van der Waals surface area (Å²) in [4.78, 5) is 35.3. The molecule has 8 heteroatoms. The van der Waals surface area contributed by atoms with Crippen molar-refractivity contribution in [3.05, 3.63) is 16.3 Å². The van der Waals surface area contributed by atoms with Crippen molar-refractivity contribution < 1.29 is 14.3 Å². The second kappa shape index (κ2) is 9.22. The average molecular weight is 422 g/mol. The molecule has 1 saturated carbocycles. The molecular formula is C20H27N3O3S2. The van der Waals surface area contributed by atoms with Gasteiger partial charge in [0.25, 0.3) is 5.91 Å². The van der Waals surface area contributed by atoms with Crippen LogP contribution in [0.25, 0.3) is 10.2 Å². The zero-order valence-corrected chi connectivity index (χ0v) is 18.5. The van der Waals surface area contributed by atoms with Gasteiger partial charge >= 0.3 is 5.97 Å². The van der Waals surface area contributed by atoms with E-state index in [0.717, 1.165) is 40.1 Å². The topological polar surface area (TPSA) is 81.2 Å². The van der Waals surface area contributed by atoms with E-state index in [9.17, 15) is 9.59 Å². The molecule has 0 aromatic carbocycles. The number of hydrogen-bond donors (Lipinski definition) is 1. The lowest BCUT2D eigenvalue weighted by Crippen LogP contribution is -2.43. The number of aryl methyl sites for hydroxylation is 3. The number of esters is 1. The summed E-state index contributed by atoms with van der Waals surface area (Å²) in [5.74, 6) is 0.648. The summed E-state index contributed by atoms with van der Waals surface area (Å²) in [6.45, 7) is 7.89. The van der Waals surface area contributed by atoms with Crippen LogP contribution in [0.2, 0.25) is 0 Å². The number of carbonyl (C=O) groups excluding carboxylic acids is 2. The third-order valence-corrected chi connectivity index (χ3v) is 7.31. The molecule has 0 radical (unpaired) electrons. The molecule has 1 fully saturated rings. The van der Waals surface area contributed by atoms with Crippen molar-refractivity contribution >= 4 is 45.2 Å². The van der Waals surface area contributed by atoms with Gasteiger partial charge < -0.3 is 10.1 Å². The Morgan fingerprint density at radius 1 is 1.21 bits per heavy atom. The van der Waals surface area contributed by atoms with E-state index < -0.39 is 5.97 Å². The number of hydrogen-bond acceptors (Lipinski definition) is 7. The van der Waals surface area contributed by atoms with E-state index in [-0.39, 0.29) is 24.3 Å². The SMILES string of the molecule is Cc1nc(SCC(=O)OCC(=O)N[C@H]2CCCC[C@@H]2C)c2c(C)c(C)sc2n1. The minimum Gasteiger partial charge on any atom is -0.455 e. The van der Waals surface area contributed by atoms with Crippen molar-refractivity contribution in [2.75, 3.05) is 12.4 Å². The highest BCUT2D eigenvalue weighted by molar-refractivity contribution is 8.00. The Labute approximate surface area is 173 Å². The van der Waals surface area contributed by atoms with Crippen LogP contribution in [0.3, 0.4) is 0 Å². The fourth-order valence-corrected chi connectivity index (χ4v) is 5.58. The van der Waals surface area contributed by atoms with E-state index in [4.69, 9.17) is 4.74 Å². The van der Waals surface area contributed by atoms with E-state index in [2.05, 4.69) is 29.1 Å². The third kappa shape index (κ3) is 5.03. The molecule has 1 aliphatic rings. The van der Waals surface area contributed by atoms with Gasteiger partial charge in [-0.15, -0.1) is 11.3 Å². The van der Waals surface area contributed by atoms with Crippen molar-refractivity contribution in [1.29, 1.82) is 0 Å². The molecule has 6 nitrogen and oxygen atoms in total. The Morgan fingerprint density at radius 3 is 2.71 bits per heavy atom. The van der Waals surface area contributed by atoms with Crippen molar-refractivity contribution in [2.45, 2.75) is 64.4 Å². The number of amides is 1. The predicted octanol–water partition coefficient (Wildman–Crippen LogP) is 3.95. The minimum absolute atomic E-state index is 0.118. The second-order valence-electron chi connectivity index (χ2n) is 7.42.